The predicted octanol–water partition coefficient (Wildman–Crippen LogP) is 2.98. The van der Waals surface area contributed by atoms with Crippen molar-refractivity contribution in [1.29, 1.82) is 0 Å². The number of ether oxygens (including phenoxy) is 1. The van der Waals surface area contributed by atoms with Gasteiger partial charge in [0.15, 0.2) is 0 Å². The number of rotatable bonds is 6. The fraction of sp³-hybridized carbons (Fsp3) is 0.696. The standard InChI is InChI=1S/C23H34N6O/c1-16-10-25-28(2)23(16)21-7-8-22(27-26-21)24-11-18-5-6-19-13-29(14-20(18)19)12-17-4-3-9-30-15-17/h7-8,10,17-20H,3-6,9,11-15H2,1-2H3,(H,24,27). The lowest BCUT2D eigenvalue weighted by atomic mass is 9.92. The lowest BCUT2D eigenvalue weighted by Gasteiger charge is -2.28. The van der Waals surface area contributed by atoms with E-state index in [9.17, 15) is 0 Å². The third-order valence-corrected chi connectivity index (χ3v) is 7.43. The summed E-state index contributed by atoms with van der Waals surface area (Å²) in [5.41, 5.74) is 3.02. The molecule has 7 heteroatoms. The average molecular weight is 411 g/mol. The fourth-order valence-corrected chi connectivity index (χ4v) is 5.89. The Bertz CT molecular complexity index is 824. The molecule has 0 bridgehead atoms. The van der Waals surface area contributed by atoms with Crippen molar-refractivity contribution in [2.45, 2.75) is 32.6 Å². The van der Waals surface area contributed by atoms with Crippen molar-refractivity contribution < 1.29 is 4.74 Å². The van der Waals surface area contributed by atoms with E-state index in [0.29, 0.717) is 0 Å². The maximum atomic E-state index is 5.69. The maximum absolute atomic E-state index is 5.69. The van der Waals surface area contributed by atoms with E-state index < -0.39 is 0 Å². The summed E-state index contributed by atoms with van der Waals surface area (Å²) >= 11 is 0. The summed E-state index contributed by atoms with van der Waals surface area (Å²) < 4.78 is 7.54. The maximum Gasteiger partial charge on any atom is 0.148 e. The molecule has 4 atom stereocenters. The van der Waals surface area contributed by atoms with Crippen molar-refractivity contribution in [3.63, 3.8) is 0 Å². The SMILES string of the molecule is Cc1cnn(C)c1-c1ccc(NCC2CCC3CN(CC4CCCOC4)CC23)nn1. The van der Waals surface area contributed by atoms with Gasteiger partial charge in [0.1, 0.15) is 11.5 Å². The molecule has 3 aliphatic rings. The summed E-state index contributed by atoms with van der Waals surface area (Å²) in [6.45, 7) is 8.76. The zero-order valence-electron chi connectivity index (χ0n) is 18.3. The molecule has 7 nitrogen and oxygen atoms in total. The molecule has 0 amide bonds. The van der Waals surface area contributed by atoms with Crippen LogP contribution in [0.25, 0.3) is 11.4 Å². The minimum atomic E-state index is 0.739. The molecule has 2 aromatic heterocycles. The third kappa shape index (κ3) is 4.10. The van der Waals surface area contributed by atoms with Crippen molar-refractivity contribution in [3.05, 3.63) is 23.9 Å². The Morgan fingerprint density at radius 2 is 2.10 bits per heavy atom. The van der Waals surface area contributed by atoms with Gasteiger partial charge in [0.25, 0.3) is 0 Å². The van der Waals surface area contributed by atoms with Crippen LogP contribution in [0.2, 0.25) is 0 Å². The molecule has 4 unspecified atom stereocenters. The number of anilines is 1. The zero-order valence-corrected chi connectivity index (χ0v) is 18.3. The first-order valence-electron chi connectivity index (χ1n) is 11.5. The molecule has 162 valence electrons. The second-order valence-corrected chi connectivity index (χ2v) is 9.55. The summed E-state index contributed by atoms with van der Waals surface area (Å²) in [7, 11) is 1.94. The number of aromatic nitrogens is 4. The topological polar surface area (TPSA) is 68.1 Å². The Kier molecular flexibility index (Phi) is 5.74. The van der Waals surface area contributed by atoms with Crippen LogP contribution in [0.3, 0.4) is 0 Å². The first-order chi connectivity index (χ1) is 14.7. The van der Waals surface area contributed by atoms with Crippen LogP contribution in [0.5, 0.6) is 0 Å². The molecule has 1 saturated carbocycles. The van der Waals surface area contributed by atoms with E-state index in [4.69, 9.17) is 4.74 Å². The van der Waals surface area contributed by atoms with Gasteiger partial charge in [-0.3, -0.25) is 4.68 Å². The smallest absolute Gasteiger partial charge is 0.148 e. The summed E-state index contributed by atoms with van der Waals surface area (Å²) in [5.74, 6) is 4.06. The fourth-order valence-electron chi connectivity index (χ4n) is 5.89. The summed E-state index contributed by atoms with van der Waals surface area (Å²) in [5, 5.41) is 16.7. The van der Waals surface area contributed by atoms with Gasteiger partial charge >= 0.3 is 0 Å². The van der Waals surface area contributed by atoms with Crippen molar-refractivity contribution >= 4 is 5.82 Å². The number of aryl methyl sites for hydroxylation is 2. The van der Waals surface area contributed by atoms with Crippen molar-refractivity contribution in [1.82, 2.24) is 24.9 Å². The van der Waals surface area contributed by atoms with E-state index in [-0.39, 0.29) is 0 Å². The van der Waals surface area contributed by atoms with E-state index in [0.717, 1.165) is 66.2 Å². The molecule has 1 N–H and O–H groups in total. The highest BCUT2D eigenvalue weighted by Crippen LogP contribution is 2.42. The van der Waals surface area contributed by atoms with Gasteiger partial charge in [-0.05, 0) is 74.0 Å². The molecule has 2 saturated heterocycles. The van der Waals surface area contributed by atoms with Gasteiger partial charge < -0.3 is 15.0 Å². The van der Waals surface area contributed by atoms with Crippen LogP contribution in [0.4, 0.5) is 5.82 Å². The Morgan fingerprint density at radius 1 is 1.17 bits per heavy atom. The van der Waals surface area contributed by atoms with Crippen molar-refractivity contribution in [3.8, 4) is 11.4 Å². The lowest BCUT2D eigenvalue weighted by molar-refractivity contribution is 0.0405. The van der Waals surface area contributed by atoms with Gasteiger partial charge in [-0.2, -0.15) is 5.10 Å². The van der Waals surface area contributed by atoms with Crippen LogP contribution < -0.4 is 5.32 Å². The summed E-state index contributed by atoms with van der Waals surface area (Å²) in [6.07, 6.45) is 7.15. The summed E-state index contributed by atoms with van der Waals surface area (Å²) in [6, 6.07) is 4.09. The minimum Gasteiger partial charge on any atom is -0.381 e. The van der Waals surface area contributed by atoms with Crippen molar-refractivity contribution in [2.75, 3.05) is 44.7 Å². The van der Waals surface area contributed by atoms with Crippen LogP contribution in [0.1, 0.15) is 31.2 Å². The minimum absolute atomic E-state index is 0.739. The number of hydrogen-bond acceptors (Lipinski definition) is 6. The number of nitrogens with one attached hydrogen (secondary N) is 1. The van der Waals surface area contributed by atoms with Gasteiger partial charge in [0.2, 0.25) is 0 Å². The molecule has 2 aromatic rings. The molecule has 3 fully saturated rings. The van der Waals surface area contributed by atoms with Crippen LogP contribution in [-0.4, -0.2) is 64.3 Å². The van der Waals surface area contributed by atoms with Gasteiger partial charge in [0.05, 0.1) is 18.5 Å². The van der Waals surface area contributed by atoms with Crippen LogP contribution in [-0.2, 0) is 11.8 Å². The van der Waals surface area contributed by atoms with E-state index in [2.05, 4.69) is 32.4 Å². The summed E-state index contributed by atoms with van der Waals surface area (Å²) in [4.78, 5) is 2.71. The Labute approximate surface area is 179 Å². The molecular formula is C23H34N6O. The Hall–Kier alpha value is -1.99. The van der Waals surface area contributed by atoms with Crippen LogP contribution >= 0.6 is 0 Å². The number of fused-ring (bicyclic) bond motifs is 1. The highest BCUT2D eigenvalue weighted by atomic mass is 16.5. The molecule has 5 rings (SSSR count). The second kappa shape index (κ2) is 8.63. The van der Waals surface area contributed by atoms with E-state index in [1.54, 1.807) is 0 Å². The van der Waals surface area contributed by atoms with Gasteiger partial charge in [-0.15, -0.1) is 10.2 Å². The van der Waals surface area contributed by atoms with Gasteiger partial charge in [-0.1, -0.05) is 0 Å². The van der Waals surface area contributed by atoms with Crippen LogP contribution in [0.15, 0.2) is 18.3 Å². The zero-order chi connectivity index (χ0) is 20.5. The van der Waals surface area contributed by atoms with Gasteiger partial charge in [-0.25, -0.2) is 0 Å². The largest absolute Gasteiger partial charge is 0.381 e. The van der Waals surface area contributed by atoms with Gasteiger partial charge in [0, 0.05) is 39.8 Å². The number of hydrogen-bond donors (Lipinski definition) is 1. The molecule has 0 spiro atoms. The quantitative estimate of drug-likeness (QED) is 0.790. The van der Waals surface area contributed by atoms with Crippen molar-refractivity contribution in [2.24, 2.45) is 30.7 Å². The molecular weight excluding hydrogens is 376 g/mol. The van der Waals surface area contributed by atoms with E-state index >= 15 is 0 Å². The van der Waals surface area contributed by atoms with E-state index in [1.165, 1.54) is 45.3 Å². The van der Waals surface area contributed by atoms with Crippen LogP contribution in [0, 0.1) is 30.6 Å². The number of nitrogens with zero attached hydrogens (tertiary/aromatic N) is 5. The number of likely N-dealkylation sites (tertiary alicyclic amines) is 1. The first kappa shape index (κ1) is 19.9. The molecule has 2 aliphatic heterocycles. The normalized spacial score (nSPS) is 29.3. The molecule has 1 aliphatic carbocycles. The molecule has 30 heavy (non-hydrogen) atoms. The Morgan fingerprint density at radius 3 is 2.83 bits per heavy atom. The molecule has 4 heterocycles. The molecule has 0 radical (unpaired) electrons. The lowest BCUT2D eigenvalue weighted by Crippen LogP contribution is -2.33. The Balaban J connectivity index is 1.14. The third-order valence-electron chi connectivity index (χ3n) is 7.43. The second-order valence-electron chi connectivity index (χ2n) is 9.55. The monoisotopic (exact) mass is 410 g/mol. The highest BCUT2D eigenvalue weighted by Gasteiger charge is 2.42. The molecule has 0 aromatic carbocycles. The highest BCUT2D eigenvalue weighted by molar-refractivity contribution is 5.59. The average Bonchev–Trinajstić information content (AvgIpc) is 3.42. The predicted molar refractivity (Wildman–Crippen MR) is 117 cm³/mol. The first-order valence-corrected chi connectivity index (χ1v) is 11.5. The van der Waals surface area contributed by atoms with E-state index in [1.807, 2.05) is 30.1 Å².